The van der Waals surface area contributed by atoms with Gasteiger partial charge < -0.3 is 9.72 Å². The second-order valence-electron chi connectivity index (χ2n) is 7.80. The Hall–Kier alpha value is -2.85. The van der Waals surface area contributed by atoms with Gasteiger partial charge in [-0.1, -0.05) is 42.5 Å². The number of aromatic nitrogens is 1. The third kappa shape index (κ3) is 4.28. The van der Waals surface area contributed by atoms with E-state index in [-0.39, 0.29) is 5.97 Å². The van der Waals surface area contributed by atoms with Crippen LogP contribution in [-0.4, -0.2) is 35.5 Å². The predicted molar refractivity (Wildman–Crippen MR) is 118 cm³/mol. The SMILES string of the molecule is COC(=O)C=Cc1ccc([C@H](C)N2CCCC2Cc2c[nH]c3ccccc23)cc1. The predicted octanol–water partition coefficient (Wildman–Crippen LogP) is 5.12. The van der Waals surface area contributed by atoms with E-state index < -0.39 is 0 Å². The highest BCUT2D eigenvalue weighted by molar-refractivity contribution is 5.86. The van der Waals surface area contributed by atoms with E-state index >= 15 is 0 Å². The fraction of sp³-hybridized carbons (Fsp3) is 0.320. The molecule has 2 atom stereocenters. The minimum atomic E-state index is -0.334. The van der Waals surface area contributed by atoms with Gasteiger partial charge in [-0.15, -0.1) is 0 Å². The molecule has 4 nitrogen and oxygen atoms in total. The molecule has 4 heteroatoms. The summed E-state index contributed by atoms with van der Waals surface area (Å²) in [6.07, 6.45) is 8.98. The molecular formula is C25H28N2O2. The Balaban J connectivity index is 1.47. The number of hydrogen-bond acceptors (Lipinski definition) is 3. The van der Waals surface area contributed by atoms with Gasteiger partial charge in [-0.25, -0.2) is 4.79 Å². The lowest BCUT2D eigenvalue weighted by atomic mass is 10.00. The lowest BCUT2D eigenvalue weighted by Gasteiger charge is -2.31. The molecule has 1 aromatic heterocycles. The van der Waals surface area contributed by atoms with Gasteiger partial charge in [-0.05, 0) is 61.6 Å². The molecule has 29 heavy (non-hydrogen) atoms. The first kappa shape index (κ1) is 19.5. The second-order valence-corrected chi connectivity index (χ2v) is 7.80. The average Bonchev–Trinajstić information content (AvgIpc) is 3.39. The van der Waals surface area contributed by atoms with E-state index in [1.807, 2.05) is 0 Å². The summed E-state index contributed by atoms with van der Waals surface area (Å²) in [6, 6.07) is 17.9. The number of para-hydroxylation sites is 1. The van der Waals surface area contributed by atoms with Crippen molar-refractivity contribution in [2.24, 2.45) is 0 Å². The van der Waals surface area contributed by atoms with Crippen LogP contribution in [0, 0.1) is 0 Å². The van der Waals surface area contributed by atoms with Gasteiger partial charge in [0.2, 0.25) is 0 Å². The number of aromatic amines is 1. The molecule has 1 aliphatic rings. The van der Waals surface area contributed by atoms with Gasteiger partial charge in [0, 0.05) is 35.3 Å². The summed E-state index contributed by atoms with van der Waals surface area (Å²) in [5.74, 6) is -0.334. The Kier molecular flexibility index (Phi) is 5.81. The van der Waals surface area contributed by atoms with Crippen molar-refractivity contribution in [1.82, 2.24) is 9.88 Å². The number of nitrogens with zero attached hydrogens (tertiary/aromatic N) is 1. The minimum absolute atomic E-state index is 0.334. The van der Waals surface area contributed by atoms with E-state index in [0.717, 1.165) is 18.5 Å². The summed E-state index contributed by atoms with van der Waals surface area (Å²) in [5, 5.41) is 1.34. The Morgan fingerprint density at radius 2 is 2.03 bits per heavy atom. The number of esters is 1. The van der Waals surface area contributed by atoms with Gasteiger partial charge in [-0.3, -0.25) is 4.90 Å². The van der Waals surface area contributed by atoms with Crippen LogP contribution in [0.3, 0.4) is 0 Å². The zero-order valence-electron chi connectivity index (χ0n) is 17.1. The Bertz CT molecular complexity index is 1000. The number of H-pyrrole nitrogens is 1. The monoisotopic (exact) mass is 388 g/mol. The third-order valence-electron chi connectivity index (χ3n) is 6.08. The lowest BCUT2D eigenvalue weighted by Crippen LogP contribution is -2.33. The number of nitrogens with one attached hydrogen (secondary N) is 1. The number of hydrogen-bond donors (Lipinski definition) is 1. The van der Waals surface area contributed by atoms with E-state index in [1.54, 1.807) is 6.08 Å². The number of rotatable bonds is 6. The highest BCUT2D eigenvalue weighted by Gasteiger charge is 2.29. The quantitative estimate of drug-likeness (QED) is 0.471. The summed E-state index contributed by atoms with van der Waals surface area (Å²) in [5.41, 5.74) is 4.94. The van der Waals surface area contributed by atoms with Crippen molar-refractivity contribution in [2.75, 3.05) is 13.7 Å². The molecule has 2 heterocycles. The molecule has 0 spiro atoms. The molecule has 1 fully saturated rings. The molecule has 1 aliphatic heterocycles. The first-order chi connectivity index (χ1) is 14.2. The first-order valence-electron chi connectivity index (χ1n) is 10.3. The fourth-order valence-corrected chi connectivity index (χ4v) is 4.45. The van der Waals surface area contributed by atoms with Crippen LogP contribution in [0.25, 0.3) is 17.0 Å². The number of carbonyl (C=O) groups is 1. The van der Waals surface area contributed by atoms with E-state index in [2.05, 4.69) is 76.3 Å². The van der Waals surface area contributed by atoms with Crippen LogP contribution >= 0.6 is 0 Å². The number of fused-ring (bicyclic) bond motifs is 1. The molecule has 1 saturated heterocycles. The van der Waals surface area contributed by atoms with Gasteiger partial charge in [0.05, 0.1) is 7.11 Å². The molecule has 0 bridgehead atoms. The van der Waals surface area contributed by atoms with Crippen LogP contribution in [0.4, 0.5) is 0 Å². The van der Waals surface area contributed by atoms with E-state index in [1.165, 1.54) is 48.1 Å². The second kappa shape index (κ2) is 8.66. The van der Waals surface area contributed by atoms with Crippen LogP contribution in [0.15, 0.2) is 60.8 Å². The highest BCUT2D eigenvalue weighted by Crippen LogP contribution is 2.32. The lowest BCUT2D eigenvalue weighted by molar-refractivity contribution is -0.134. The average molecular weight is 389 g/mol. The Labute approximate surface area is 172 Å². The third-order valence-corrected chi connectivity index (χ3v) is 6.08. The Morgan fingerprint density at radius 3 is 2.83 bits per heavy atom. The van der Waals surface area contributed by atoms with Gasteiger partial charge >= 0.3 is 5.97 Å². The summed E-state index contributed by atoms with van der Waals surface area (Å²) in [7, 11) is 1.39. The summed E-state index contributed by atoms with van der Waals surface area (Å²) < 4.78 is 4.65. The molecule has 0 aliphatic carbocycles. The molecule has 1 N–H and O–H groups in total. The number of ether oxygens (including phenoxy) is 1. The standard InChI is InChI=1S/C25H28N2O2/c1-18(20-12-9-19(10-13-20)11-14-25(28)29-2)27-15-5-6-22(27)16-21-17-26-24-8-4-3-7-23(21)24/h3-4,7-14,17-18,22,26H,5-6,15-16H2,1-2H3/t18-,22?/m0/s1. The van der Waals surface area contributed by atoms with Crippen molar-refractivity contribution in [3.63, 3.8) is 0 Å². The van der Waals surface area contributed by atoms with Crippen molar-refractivity contribution in [3.8, 4) is 0 Å². The normalized spacial score (nSPS) is 18.5. The van der Waals surface area contributed by atoms with Crippen molar-refractivity contribution >= 4 is 22.9 Å². The van der Waals surface area contributed by atoms with Gasteiger partial charge in [0.1, 0.15) is 0 Å². The van der Waals surface area contributed by atoms with Crippen LogP contribution in [0.5, 0.6) is 0 Å². The van der Waals surface area contributed by atoms with Gasteiger partial charge in [-0.2, -0.15) is 0 Å². The molecule has 0 amide bonds. The van der Waals surface area contributed by atoms with Gasteiger partial charge in [0.15, 0.2) is 0 Å². The van der Waals surface area contributed by atoms with Crippen LogP contribution in [0.2, 0.25) is 0 Å². The molecule has 150 valence electrons. The van der Waals surface area contributed by atoms with E-state index in [0.29, 0.717) is 12.1 Å². The number of methoxy groups -OCH3 is 1. The van der Waals surface area contributed by atoms with Gasteiger partial charge in [0.25, 0.3) is 0 Å². The topological polar surface area (TPSA) is 45.3 Å². The maximum atomic E-state index is 11.3. The molecular weight excluding hydrogens is 360 g/mol. The minimum Gasteiger partial charge on any atom is -0.466 e. The molecule has 0 radical (unpaired) electrons. The van der Waals surface area contributed by atoms with Crippen molar-refractivity contribution in [2.45, 2.75) is 38.3 Å². The molecule has 2 aromatic carbocycles. The largest absolute Gasteiger partial charge is 0.466 e. The summed E-state index contributed by atoms with van der Waals surface area (Å²) in [6.45, 7) is 3.44. The molecule has 0 saturated carbocycles. The van der Waals surface area contributed by atoms with Crippen molar-refractivity contribution in [3.05, 3.63) is 77.5 Å². The first-order valence-corrected chi connectivity index (χ1v) is 10.3. The number of benzene rings is 2. The summed E-state index contributed by atoms with van der Waals surface area (Å²) >= 11 is 0. The zero-order chi connectivity index (χ0) is 20.2. The smallest absolute Gasteiger partial charge is 0.330 e. The fourth-order valence-electron chi connectivity index (χ4n) is 4.45. The molecule has 1 unspecified atom stereocenters. The summed E-state index contributed by atoms with van der Waals surface area (Å²) in [4.78, 5) is 17.3. The highest BCUT2D eigenvalue weighted by atomic mass is 16.5. The van der Waals surface area contributed by atoms with Crippen LogP contribution in [-0.2, 0) is 16.0 Å². The molecule has 3 aromatic rings. The maximum Gasteiger partial charge on any atom is 0.330 e. The zero-order valence-corrected chi connectivity index (χ0v) is 17.1. The Morgan fingerprint density at radius 1 is 1.24 bits per heavy atom. The van der Waals surface area contributed by atoms with Crippen LogP contribution in [0.1, 0.15) is 42.5 Å². The van der Waals surface area contributed by atoms with E-state index in [9.17, 15) is 4.79 Å². The molecule has 4 rings (SSSR count). The number of carbonyl (C=O) groups excluding carboxylic acids is 1. The van der Waals surface area contributed by atoms with E-state index in [4.69, 9.17) is 0 Å². The van der Waals surface area contributed by atoms with Crippen molar-refractivity contribution in [1.29, 1.82) is 0 Å². The maximum absolute atomic E-state index is 11.3. The van der Waals surface area contributed by atoms with Crippen LogP contribution < -0.4 is 0 Å². The van der Waals surface area contributed by atoms with Crippen molar-refractivity contribution < 1.29 is 9.53 Å². The number of likely N-dealkylation sites (tertiary alicyclic amines) is 1.